The fourth-order valence-electron chi connectivity index (χ4n) is 2.60. The van der Waals surface area contributed by atoms with Gasteiger partial charge in [0.25, 0.3) is 5.91 Å². The van der Waals surface area contributed by atoms with Gasteiger partial charge in [0, 0.05) is 30.9 Å². The van der Waals surface area contributed by atoms with Gasteiger partial charge in [-0.25, -0.2) is 0 Å². The number of amides is 1. The molecular formula is C17H26N2O2. The first-order valence-corrected chi connectivity index (χ1v) is 7.91. The summed E-state index contributed by atoms with van der Waals surface area (Å²) in [6, 6.07) is 5.99. The van der Waals surface area contributed by atoms with Crippen molar-refractivity contribution in [3.63, 3.8) is 0 Å². The maximum Gasteiger partial charge on any atom is 0.254 e. The molecule has 1 N–H and O–H groups in total. The Bertz CT molecular complexity index is 488. The highest BCUT2D eigenvalue weighted by Gasteiger charge is 2.24. The lowest BCUT2D eigenvalue weighted by Crippen LogP contribution is -2.45. The molecule has 4 heteroatoms. The van der Waals surface area contributed by atoms with E-state index in [2.05, 4.69) is 25.2 Å². The number of hydrogen-bond acceptors (Lipinski definition) is 3. The van der Waals surface area contributed by atoms with Crippen LogP contribution < -0.4 is 5.32 Å². The molecule has 1 aliphatic rings. The summed E-state index contributed by atoms with van der Waals surface area (Å²) in [4.78, 5) is 14.6. The van der Waals surface area contributed by atoms with Crippen LogP contribution in [0, 0.1) is 6.92 Å². The number of carbonyl (C=O) groups is 1. The summed E-state index contributed by atoms with van der Waals surface area (Å²) in [5, 5.41) is 3.35. The number of ether oxygens (including phenoxy) is 1. The van der Waals surface area contributed by atoms with Crippen LogP contribution in [0.15, 0.2) is 18.2 Å². The molecule has 1 atom stereocenters. The lowest BCUT2D eigenvalue weighted by Gasteiger charge is -2.33. The predicted molar refractivity (Wildman–Crippen MR) is 85.9 cm³/mol. The summed E-state index contributed by atoms with van der Waals surface area (Å²) in [5.74, 6) is 0.122. The maximum atomic E-state index is 12.7. The van der Waals surface area contributed by atoms with Crippen LogP contribution in [0.4, 0.5) is 5.69 Å². The predicted octanol–water partition coefficient (Wildman–Crippen LogP) is 3.07. The number of hydrogen-bond donors (Lipinski definition) is 1. The van der Waals surface area contributed by atoms with Crippen molar-refractivity contribution in [3.05, 3.63) is 29.3 Å². The Morgan fingerprint density at radius 3 is 2.90 bits per heavy atom. The highest BCUT2D eigenvalue weighted by Crippen LogP contribution is 2.19. The van der Waals surface area contributed by atoms with E-state index in [0.717, 1.165) is 36.2 Å². The van der Waals surface area contributed by atoms with Crippen molar-refractivity contribution in [1.29, 1.82) is 0 Å². The summed E-state index contributed by atoms with van der Waals surface area (Å²) >= 11 is 0. The molecule has 1 aromatic rings. The van der Waals surface area contributed by atoms with Crippen molar-refractivity contribution < 1.29 is 9.53 Å². The molecule has 4 nitrogen and oxygen atoms in total. The number of anilines is 1. The Hall–Kier alpha value is -1.55. The Labute approximate surface area is 127 Å². The average Bonchev–Trinajstić information content (AvgIpc) is 2.52. The summed E-state index contributed by atoms with van der Waals surface area (Å²) < 4.78 is 5.63. The quantitative estimate of drug-likeness (QED) is 0.906. The lowest BCUT2D eigenvalue weighted by atomic mass is 10.1. The smallest absolute Gasteiger partial charge is 0.254 e. The minimum absolute atomic E-state index is 0.122. The molecular weight excluding hydrogens is 264 g/mol. The molecule has 0 aliphatic carbocycles. The zero-order valence-corrected chi connectivity index (χ0v) is 13.3. The third kappa shape index (κ3) is 3.97. The molecule has 0 spiro atoms. The van der Waals surface area contributed by atoms with Crippen molar-refractivity contribution in [2.24, 2.45) is 0 Å². The van der Waals surface area contributed by atoms with Crippen molar-refractivity contribution in [2.45, 2.75) is 39.7 Å². The summed E-state index contributed by atoms with van der Waals surface area (Å²) in [7, 11) is 0. The molecule has 21 heavy (non-hydrogen) atoms. The van der Waals surface area contributed by atoms with Gasteiger partial charge in [-0.3, -0.25) is 4.79 Å². The van der Waals surface area contributed by atoms with Gasteiger partial charge in [-0.15, -0.1) is 0 Å². The molecule has 1 unspecified atom stereocenters. The van der Waals surface area contributed by atoms with Crippen molar-refractivity contribution in [1.82, 2.24) is 4.90 Å². The van der Waals surface area contributed by atoms with Gasteiger partial charge in [0.15, 0.2) is 0 Å². The van der Waals surface area contributed by atoms with Crippen molar-refractivity contribution >= 4 is 11.6 Å². The van der Waals surface area contributed by atoms with Crippen molar-refractivity contribution in [3.8, 4) is 0 Å². The molecule has 1 saturated heterocycles. The molecule has 2 rings (SSSR count). The molecule has 1 fully saturated rings. The second-order valence-electron chi connectivity index (χ2n) is 5.61. The molecule has 116 valence electrons. The first kappa shape index (κ1) is 15.8. The standard InChI is InChI=1S/C17H26N2O2/c1-4-8-18-14-6-7-16(13(3)11-14)17(20)19-9-10-21-15(5-2)12-19/h6-7,11,15,18H,4-5,8-10,12H2,1-3H3. The highest BCUT2D eigenvalue weighted by atomic mass is 16.5. The van der Waals surface area contributed by atoms with Crippen LogP contribution in [-0.4, -0.2) is 43.2 Å². The maximum absolute atomic E-state index is 12.7. The molecule has 0 radical (unpaired) electrons. The van der Waals surface area contributed by atoms with E-state index >= 15 is 0 Å². The molecule has 1 heterocycles. The van der Waals surface area contributed by atoms with Gasteiger partial charge in [0.1, 0.15) is 0 Å². The number of rotatable bonds is 5. The van der Waals surface area contributed by atoms with E-state index < -0.39 is 0 Å². The zero-order valence-electron chi connectivity index (χ0n) is 13.3. The second kappa shape index (κ2) is 7.46. The van der Waals surface area contributed by atoms with Gasteiger partial charge in [0.2, 0.25) is 0 Å². The van der Waals surface area contributed by atoms with Gasteiger partial charge in [-0.2, -0.15) is 0 Å². The van der Waals surface area contributed by atoms with Crippen LogP contribution in [-0.2, 0) is 4.74 Å². The number of benzene rings is 1. The molecule has 1 amide bonds. The largest absolute Gasteiger partial charge is 0.385 e. The van der Waals surface area contributed by atoms with E-state index in [0.29, 0.717) is 19.7 Å². The molecule has 1 aromatic carbocycles. The number of morpholine rings is 1. The van der Waals surface area contributed by atoms with Crippen LogP contribution in [0.3, 0.4) is 0 Å². The minimum Gasteiger partial charge on any atom is -0.385 e. The summed E-state index contributed by atoms with van der Waals surface area (Å²) in [6.07, 6.45) is 2.21. The van der Waals surface area contributed by atoms with E-state index in [4.69, 9.17) is 4.74 Å². The molecule has 0 aromatic heterocycles. The van der Waals surface area contributed by atoms with Crippen LogP contribution in [0.1, 0.15) is 42.6 Å². The normalized spacial score (nSPS) is 18.6. The zero-order chi connectivity index (χ0) is 15.2. The van der Waals surface area contributed by atoms with E-state index in [9.17, 15) is 4.79 Å². The number of nitrogens with one attached hydrogen (secondary N) is 1. The Morgan fingerprint density at radius 2 is 2.24 bits per heavy atom. The first-order chi connectivity index (χ1) is 10.2. The van der Waals surface area contributed by atoms with Crippen LogP contribution in [0.5, 0.6) is 0 Å². The fourth-order valence-corrected chi connectivity index (χ4v) is 2.60. The van der Waals surface area contributed by atoms with Gasteiger partial charge >= 0.3 is 0 Å². The van der Waals surface area contributed by atoms with Gasteiger partial charge < -0.3 is 15.0 Å². The van der Waals surface area contributed by atoms with Gasteiger partial charge in [-0.05, 0) is 43.5 Å². The second-order valence-corrected chi connectivity index (χ2v) is 5.61. The third-order valence-corrected chi connectivity index (χ3v) is 3.92. The Balaban J connectivity index is 2.08. The van der Waals surface area contributed by atoms with Gasteiger partial charge in [0.05, 0.1) is 12.7 Å². The van der Waals surface area contributed by atoms with E-state index in [1.165, 1.54) is 0 Å². The van der Waals surface area contributed by atoms with E-state index in [-0.39, 0.29) is 12.0 Å². The fraction of sp³-hybridized carbons (Fsp3) is 0.588. The van der Waals surface area contributed by atoms with Crippen LogP contribution >= 0.6 is 0 Å². The molecule has 0 saturated carbocycles. The minimum atomic E-state index is 0.122. The third-order valence-electron chi connectivity index (χ3n) is 3.92. The monoisotopic (exact) mass is 290 g/mol. The summed E-state index contributed by atoms with van der Waals surface area (Å²) in [5.41, 5.74) is 2.91. The van der Waals surface area contributed by atoms with Crippen LogP contribution in [0.2, 0.25) is 0 Å². The number of nitrogens with zero attached hydrogens (tertiary/aromatic N) is 1. The number of aryl methyl sites for hydroxylation is 1. The first-order valence-electron chi connectivity index (χ1n) is 7.91. The highest BCUT2D eigenvalue weighted by molar-refractivity contribution is 5.96. The van der Waals surface area contributed by atoms with Crippen molar-refractivity contribution in [2.75, 3.05) is 31.6 Å². The van der Waals surface area contributed by atoms with Gasteiger partial charge in [-0.1, -0.05) is 13.8 Å². The lowest BCUT2D eigenvalue weighted by molar-refractivity contribution is -0.0226. The molecule has 0 bridgehead atoms. The Morgan fingerprint density at radius 1 is 1.43 bits per heavy atom. The SMILES string of the molecule is CCCNc1ccc(C(=O)N2CCOC(CC)C2)c(C)c1. The van der Waals surface area contributed by atoms with E-state index in [1.807, 2.05) is 24.0 Å². The van der Waals surface area contributed by atoms with Crippen LogP contribution in [0.25, 0.3) is 0 Å². The summed E-state index contributed by atoms with van der Waals surface area (Å²) in [6.45, 7) is 9.21. The molecule has 1 aliphatic heterocycles. The topological polar surface area (TPSA) is 41.6 Å². The average molecular weight is 290 g/mol. The number of carbonyl (C=O) groups excluding carboxylic acids is 1. The Kier molecular flexibility index (Phi) is 5.62. The van der Waals surface area contributed by atoms with E-state index in [1.54, 1.807) is 0 Å².